The number of rotatable bonds is 1. The summed E-state index contributed by atoms with van der Waals surface area (Å²) in [5.74, 6) is 1.69. The lowest BCUT2D eigenvalue weighted by Crippen LogP contribution is -2.63. The monoisotopic (exact) mass is 505 g/mol. The molecule has 4 rings (SSSR count). The van der Waals surface area contributed by atoms with E-state index in [0.717, 1.165) is 38.1 Å². The lowest BCUT2D eigenvalue weighted by Gasteiger charge is -2.50. The summed E-state index contributed by atoms with van der Waals surface area (Å²) in [7, 11) is 1.95. The van der Waals surface area contributed by atoms with Gasteiger partial charge in [0, 0.05) is 50.7 Å². The number of nitrogens with zero attached hydrogens (tertiary/aromatic N) is 2. The van der Waals surface area contributed by atoms with Crippen LogP contribution in [-0.4, -0.2) is 97.4 Å². The maximum absolute atomic E-state index is 13.6. The van der Waals surface area contributed by atoms with Crippen LogP contribution >= 0.6 is 0 Å². The molecule has 0 atom stereocenters. The van der Waals surface area contributed by atoms with Crippen LogP contribution in [0.25, 0.3) is 0 Å². The summed E-state index contributed by atoms with van der Waals surface area (Å²) < 4.78 is 32.0. The number of likely N-dealkylation sites (tertiary alicyclic amines) is 2. The van der Waals surface area contributed by atoms with Crippen LogP contribution in [0, 0.1) is 22.7 Å². The van der Waals surface area contributed by atoms with Gasteiger partial charge < -0.3 is 15.2 Å². The molecule has 7 heteroatoms. The van der Waals surface area contributed by atoms with E-state index in [2.05, 4.69) is 44.8 Å². The van der Waals surface area contributed by atoms with Gasteiger partial charge in [0.1, 0.15) is 11.3 Å². The highest BCUT2D eigenvalue weighted by atomic mass is 19.1. The molecule has 4 fully saturated rings. The summed E-state index contributed by atoms with van der Waals surface area (Å²) >= 11 is 0. The van der Waals surface area contributed by atoms with Crippen LogP contribution in [0.15, 0.2) is 0 Å². The van der Waals surface area contributed by atoms with Crippen molar-refractivity contribution in [3.63, 3.8) is 0 Å². The minimum Gasteiger partial charge on any atom is -0.390 e. The molecule has 4 heterocycles. The normalized spacial score (nSPS) is 24.7. The second kappa shape index (κ2) is 12.0. The smallest absolute Gasteiger partial charge is 0.140 e. The van der Waals surface area contributed by atoms with Gasteiger partial charge in [0.05, 0.1) is 19.3 Å². The second-order valence-electron chi connectivity index (χ2n) is 14.5. The average molecular weight is 506 g/mol. The molecule has 0 bridgehead atoms. The van der Waals surface area contributed by atoms with Gasteiger partial charge >= 0.3 is 0 Å². The van der Waals surface area contributed by atoms with Crippen molar-refractivity contribution in [2.45, 2.75) is 99.1 Å². The van der Waals surface area contributed by atoms with Gasteiger partial charge in [-0.3, -0.25) is 9.80 Å². The van der Waals surface area contributed by atoms with Crippen molar-refractivity contribution in [1.82, 2.24) is 15.1 Å². The Balaban J connectivity index is 0.000000235. The number of hydrogen-bond donors (Lipinski definition) is 2. The Morgan fingerprint density at radius 1 is 0.857 bits per heavy atom. The Morgan fingerprint density at radius 3 is 1.34 bits per heavy atom. The van der Waals surface area contributed by atoms with Crippen molar-refractivity contribution in [3.05, 3.63) is 0 Å². The van der Waals surface area contributed by atoms with Gasteiger partial charge in [-0.15, -0.1) is 0 Å². The number of ether oxygens (including phenoxy) is 1. The third kappa shape index (κ3) is 9.48. The predicted octanol–water partition coefficient (Wildman–Crippen LogP) is 4.78. The molecule has 4 aliphatic heterocycles. The third-order valence-corrected chi connectivity index (χ3v) is 7.96. The van der Waals surface area contributed by atoms with E-state index in [1.54, 1.807) is 0 Å². The maximum Gasteiger partial charge on any atom is 0.140 e. The maximum atomic E-state index is 13.6. The first-order valence-corrected chi connectivity index (χ1v) is 13.4. The highest BCUT2D eigenvalue weighted by Crippen LogP contribution is 2.40. The Hall–Kier alpha value is -0.340. The molecule has 0 aromatic carbocycles. The first kappa shape index (κ1) is 32.7. The molecule has 4 aliphatic rings. The van der Waals surface area contributed by atoms with Crippen LogP contribution in [0.4, 0.5) is 8.78 Å². The van der Waals surface area contributed by atoms with Crippen molar-refractivity contribution in [3.8, 4) is 0 Å². The molecule has 210 valence electrons. The van der Waals surface area contributed by atoms with Crippen molar-refractivity contribution in [1.29, 1.82) is 0 Å². The SMILES string of the molecule is CC(C)(C)C1(F)CNC1.CC(C)(C)N1CC(O)C1.CC(C)C1COC1.CN1CC(F)(C(C)(C)C)C1. The largest absolute Gasteiger partial charge is 0.390 e. The summed E-state index contributed by atoms with van der Waals surface area (Å²) in [6.45, 7) is 28.6. The van der Waals surface area contributed by atoms with E-state index in [-0.39, 0.29) is 22.5 Å². The van der Waals surface area contributed by atoms with E-state index in [4.69, 9.17) is 9.84 Å². The van der Waals surface area contributed by atoms with Crippen molar-refractivity contribution in [2.75, 3.05) is 59.5 Å². The fourth-order valence-electron chi connectivity index (χ4n) is 3.80. The van der Waals surface area contributed by atoms with E-state index in [0.29, 0.717) is 26.2 Å². The van der Waals surface area contributed by atoms with Gasteiger partial charge in [-0.1, -0.05) is 55.4 Å². The van der Waals surface area contributed by atoms with Gasteiger partial charge in [-0.25, -0.2) is 8.78 Å². The number of alkyl halides is 2. The van der Waals surface area contributed by atoms with E-state index in [1.807, 2.05) is 53.5 Å². The van der Waals surface area contributed by atoms with Crippen LogP contribution < -0.4 is 5.32 Å². The number of aliphatic hydroxyl groups excluding tert-OH is 1. The van der Waals surface area contributed by atoms with Crippen LogP contribution in [0.1, 0.15) is 76.2 Å². The molecule has 35 heavy (non-hydrogen) atoms. The topological polar surface area (TPSA) is 48.0 Å². The fraction of sp³-hybridized carbons (Fsp3) is 1.00. The summed E-state index contributed by atoms with van der Waals surface area (Å²) in [4.78, 5) is 4.27. The van der Waals surface area contributed by atoms with Crippen molar-refractivity contribution < 1.29 is 18.6 Å². The molecule has 0 spiro atoms. The molecule has 0 amide bonds. The first-order chi connectivity index (χ1) is 15.6. The Morgan fingerprint density at radius 2 is 1.29 bits per heavy atom. The lowest BCUT2D eigenvalue weighted by molar-refractivity contribution is -0.0925. The summed E-state index contributed by atoms with van der Waals surface area (Å²) in [5.41, 5.74) is -2.04. The van der Waals surface area contributed by atoms with Gasteiger partial charge in [-0.05, 0) is 44.6 Å². The standard InChI is InChI=1S/C8H16FN.C7H14FN.C7H15NO.C6H12O/c1-7(2,3)8(9)5-10(4)6-8;1-6(2,3)7(8)4-9-5-7;1-7(2,3)8-4-6(9)5-8;1-5(2)6-3-7-4-6/h5-6H2,1-4H3;9H,4-5H2,1-3H3;6,9H,4-5H2,1-3H3;5-6H,3-4H2,1-2H3. The zero-order chi connectivity index (χ0) is 27.5. The predicted molar refractivity (Wildman–Crippen MR) is 143 cm³/mol. The number of nitrogens with one attached hydrogen (secondary N) is 1. The Bertz CT molecular complexity index is 618. The Kier molecular flexibility index (Phi) is 11.2. The van der Waals surface area contributed by atoms with Gasteiger partial charge in [-0.2, -0.15) is 0 Å². The number of β-amino-alcohol motifs (C(OH)–C–C–N with tert-alkyl or cyclic N) is 1. The van der Waals surface area contributed by atoms with E-state index in [9.17, 15) is 8.78 Å². The van der Waals surface area contributed by atoms with Gasteiger partial charge in [0.2, 0.25) is 0 Å². The molecular formula is C28H57F2N3O2. The van der Waals surface area contributed by atoms with Gasteiger partial charge in [0.25, 0.3) is 0 Å². The summed E-state index contributed by atoms with van der Waals surface area (Å²) in [6, 6.07) is 0. The third-order valence-electron chi connectivity index (χ3n) is 7.96. The number of hydrogen-bond acceptors (Lipinski definition) is 5. The fourth-order valence-corrected chi connectivity index (χ4v) is 3.80. The second-order valence-corrected chi connectivity index (χ2v) is 14.5. The van der Waals surface area contributed by atoms with E-state index >= 15 is 0 Å². The number of aliphatic hydroxyl groups is 1. The molecule has 2 N–H and O–H groups in total. The van der Waals surface area contributed by atoms with Crippen molar-refractivity contribution in [2.24, 2.45) is 22.7 Å². The minimum atomic E-state index is -0.951. The highest BCUT2D eigenvalue weighted by molar-refractivity contribution is 5.02. The van der Waals surface area contributed by atoms with Crippen LogP contribution in [0.3, 0.4) is 0 Å². The van der Waals surface area contributed by atoms with Gasteiger partial charge in [0.15, 0.2) is 0 Å². The molecule has 0 aromatic heterocycles. The zero-order valence-electron chi connectivity index (χ0n) is 24.9. The van der Waals surface area contributed by atoms with Crippen LogP contribution in [0.5, 0.6) is 0 Å². The van der Waals surface area contributed by atoms with Crippen molar-refractivity contribution >= 4 is 0 Å². The minimum absolute atomic E-state index is 0.0655. The molecule has 0 aliphatic carbocycles. The van der Waals surface area contributed by atoms with E-state index < -0.39 is 11.3 Å². The molecule has 0 unspecified atom stereocenters. The number of halogens is 2. The lowest BCUT2D eigenvalue weighted by atomic mass is 9.73. The highest BCUT2D eigenvalue weighted by Gasteiger charge is 2.50. The zero-order valence-corrected chi connectivity index (χ0v) is 24.9. The molecule has 0 saturated carbocycles. The first-order valence-electron chi connectivity index (χ1n) is 13.4. The summed E-state index contributed by atoms with van der Waals surface area (Å²) in [5, 5.41) is 11.9. The molecule has 0 aromatic rings. The molecular weight excluding hydrogens is 448 g/mol. The summed E-state index contributed by atoms with van der Waals surface area (Å²) in [6.07, 6.45) is -0.0655. The van der Waals surface area contributed by atoms with E-state index in [1.165, 1.54) is 0 Å². The quantitative estimate of drug-likeness (QED) is 0.537. The van der Waals surface area contributed by atoms with Crippen LogP contribution in [0.2, 0.25) is 0 Å². The average Bonchev–Trinajstić information content (AvgIpc) is 2.52. The Labute approximate surface area is 215 Å². The molecule has 5 nitrogen and oxygen atoms in total. The van der Waals surface area contributed by atoms with Crippen LogP contribution in [-0.2, 0) is 4.74 Å². The molecule has 0 radical (unpaired) electrons. The molecule has 4 saturated heterocycles.